The normalized spacial score (nSPS) is 33.0. The number of nitrogens with two attached hydrogens (primary N) is 1. The summed E-state index contributed by atoms with van der Waals surface area (Å²) in [6.07, 6.45) is 0.874. The number of ether oxygens (including phenoxy) is 1. The molecule has 0 saturated carbocycles. The van der Waals surface area contributed by atoms with E-state index in [9.17, 15) is 13.2 Å². The summed E-state index contributed by atoms with van der Waals surface area (Å²) in [5.41, 5.74) is 5.97. The van der Waals surface area contributed by atoms with Crippen LogP contribution in [0.4, 0.5) is 13.2 Å². The molecule has 0 spiro atoms. The second-order valence-corrected chi connectivity index (χ2v) is 5.38. The molecular formula is C12H21F3N2O. The first-order valence-electron chi connectivity index (χ1n) is 6.61. The molecule has 2 aliphatic heterocycles. The maximum Gasteiger partial charge on any atom is 0.411 e. The van der Waals surface area contributed by atoms with Crippen molar-refractivity contribution in [1.29, 1.82) is 0 Å². The van der Waals surface area contributed by atoms with E-state index in [0.29, 0.717) is 24.5 Å². The van der Waals surface area contributed by atoms with Crippen LogP contribution in [0.2, 0.25) is 0 Å². The molecule has 0 aromatic carbocycles. The SMILES string of the molecule is NC1CC2CCC(C1)N2CCCOCC(F)(F)F. The topological polar surface area (TPSA) is 38.5 Å². The summed E-state index contributed by atoms with van der Waals surface area (Å²) in [5.74, 6) is 0. The van der Waals surface area contributed by atoms with E-state index in [2.05, 4.69) is 9.64 Å². The molecule has 2 bridgehead atoms. The van der Waals surface area contributed by atoms with Gasteiger partial charge in [0.2, 0.25) is 0 Å². The summed E-state index contributed by atoms with van der Waals surface area (Å²) in [7, 11) is 0. The number of hydrogen-bond donors (Lipinski definition) is 1. The number of halogens is 3. The quantitative estimate of drug-likeness (QED) is 0.773. The Hall–Kier alpha value is -0.330. The van der Waals surface area contributed by atoms with Crippen LogP contribution in [0.3, 0.4) is 0 Å². The standard InChI is InChI=1S/C12H21F3N2O/c13-12(14,15)8-18-5-1-4-17-10-2-3-11(17)7-9(16)6-10/h9-11H,1-8,16H2. The van der Waals surface area contributed by atoms with Gasteiger partial charge in [-0.1, -0.05) is 0 Å². The predicted molar refractivity (Wildman–Crippen MR) is 62.2 cm³/mol. The monoisotopic (exact) mass is 266 g/mol. The molecule has 6 heteroatoms. The van der Waals surface area contributed by atoms with Gasteiger partial charge in [-0.25, -0.2) is 0 Å². The van der Waals surface area contributed by atoms with Crippen molar-refractivity contribution in [2.45, 2.75) is 56.4 Å². The lowest BCUT2D eigenvalue weighted by Crippen LogP contribution is -2.47. The average Bonchev–Trinajstić information content (AvgIpc) is 2.50. The highest BCUT2D eigenvalue weighted by molar-refractivity contribution is 4.96. The second-order valence-electron chi connectivity index (χ2n) is 5.38. The van der Waals surface area contributed by atoms with Gasteiger partial charge in [-0.2, -0.15) is 13.2 Å². The Labute approximate surface area is 105 Å². The van der Waals surface area contributed by atoms with Gasteiger partial charge in [0.15, 0.2) is 0 Å². The minimum Gasteiger partial charge on any atom is -0.372 e. The fourth-order valence-electron chi connectivity index (χ4n) is 3.22. The Morgan fingerprint density at radius 3 is 2.33 bits per heavy atom. The van der Waals surface area contributed by atoms with E-state index in [1.807, 2.05) is 0 Å². The van der Waals surface area contributed by atoms with Gasteiger partial charge in [-0.05, 0) is 32.1 Å². The lowest BCUT2D eigenvalue weighted by molar-refractivity contribution is -0.174. The first kappa shape index (κ1) is 14.1. The maximum absolute atomic E-state index is 11.9. The van der Waals surface area contributed by atoms with Crippen molar-refractivity contribution < 1.29 is 17.9 Å². The molecule has 2 rings (SSSR count). The third-order valence-electron chi connectivity index (χ3n) is 3.89. The fraction of sp³-hybridized carbons (Fsp3) is 1.00. The number of rotatable bonds is 5. The van der Waals surface area contributed by atoms with Crippen LogP contribution in [-0.4, -0.2) is 49.0 Å². The molecule has 2 unspecified atom stereocenters. The van der Waals surface area contributed by atoms with Crippen LogP contribution in [-0.2, 0) is 4.74 Å². The lowest BCUT2D eigenvalue weighted by Gasteiger charge is -2.37. The third-order valence-corrected chi connectivity index (χ3v) is 3.89. The average molecular weight is 266 g/mol. The Balaban J connectivity index is 1.63. The van der Waals surface area contributed by atoms with Gasteiger partial charge in [-0.15, -0.1) is 0 Å². The summed E-state index contributed by atoms with van der Waals surface area (Å²) in [6.45, 7) is -0.119. The zero-order valence-electron chi connectivity index (χ0n) is 10.5. The Bertz CT molecular complexity index is 259. The zero-order valence-corrected chi connectivity index (χ0v) is 10.5. The number of hydrogen-bond acceptors (Lipinski definition) is 3. The van der Waals surface area contributed by atoms with E-state index in [1.54, 1.807) is 0 Å². The minimum absolute atomic E-state index is 0.182. The molecule has 2 atom stereocenters. The molecule has 0 amide bonds. The lowest BCUT2D eigenvalue weighted by atomic mass is 9.98. The molecule has 3 nitrogen and oxygen atoms in total. The van der Waals surface area contributed by atoms with Crippen molar-refractivity contribution in [3.63, 3.8) is 0 Å². The molecule has 0 aromatic heterocycles. The van der Waals surface area contributed by atoms with Crippen molar-refractivity contribution in [3.05, 3.63) is 0 Å². The molecule has 2 saturated heterocycles. The number of piperidine rings is 1. The molecule has 0 aromatic rings. The van der Waals surface area contributed by atoms with Gasteiger partial charge in [0.25, 0.3) is 0 Å². The maximum atomic E-state index is 11.9. The summed E-state index contributed by atoms with van der Waals surface area (Å²) in [4.78, 5) is 2.42. The van der Waals surface area contributed by atoms with Crippen molar-refractivity contribution in [1.82, 2.24) is 4.90 Å². The highest BCUT2D eigenvalue weighted by Crippen LogP contribution is 2.34. The van der Waals surface area contributed by atoms with E-state index in [0.717, 1.165) is 19.4 Å². The van der Waals surface area contributed by atoms with Gasteiger partial charge in [0, 0.05) is 31.3 Å². The third kappa shape index (κ3) is 3.83. The van der Waals surface area contributed by atoms with E-state index in [4.69, 9.17) is 5.73 Å². The minimum atomic E-state index is -4.21. The molecule has 2 N–H and O–H groups in total. The Morgan fingerprint density at radius 2 is 1.78 bits per heavy atom. The predicted octanol–water partition coefficient (Wildman–Crippen LogP) is 1.91. The van der Waals surface area contributed by atoms with Crippen molar-refractivity contribution in [2.24, 2.45) is 5.73 Å². The fourth-order valence-corrected chi connectivity index (χ4v) is 3.22. The molecule has 18 heavy (non-hydrogen) atoms. The van der Waals surface area contributed by atoms with E-state index in [1.165, 1.54) is 12.8 Å². The second kappa shape index (κ2) is 5.75. The number of nitrogens with zero attached hydrogens (tertiary/aromatic N) is 1. The summed E-state index contributed by atoms with van der Waals surface area (Å²) < 4.78 is 40.2. The van der Waals surface area contributed by atoms with E-state index < -0.39 is 12.8 Å². The van der Waals surface area contributed by atoms with Crippen LogP contribution in [0.5, 0.6) is 0 Å². The van der Waals surface area contributed by atoms with Crippen molar-refractivity contribution >= 4 is 0 Å². The first-order chi connectivity index (χ1) is 8.46. The highest BCUT2D eigenvalue weighted by Gasteiger charge is 2.38. The van der Waals surface area contributed by atoms with Gasteiger partial charge >= 0.3 is 6.18 Å². The van der Waals surface area contributed by atoms with Crippen LogP contribution in [0.15, 0.2) is 0 Å². The number of fused-ring (bicyclic) bond motifs is 2. The van der Waals surface area contributed by atoms with E-state index in [-0.39, 0.29) is 6.61 Å². The molecule has 2 aliphatic rings. The highest BCUT2D eigenvalue weighted by atomic mass is 19.4. The Kier molecular flexibility index (Phi) is 4.50. The van der Waals surface area contributed by atoms with Crippen LogP contribution in [0.1, 0.15) is 32.1 Å². The van der Waals surface area contributed by atoms with Gasteiger partial charge in [-0.3, -0.25) is 4.90 Å². The summed E-state index contributed by atoms with van der Waals surface area (Å²) in [6, 6.07) is 1.39. The molecular weight excluding hydrogens is 245 g/mol. The molecule has 0 aliphatic carbocycles. The smallest absolute Gasteiger partial charge is 0.372 e. The van der Waals surface area contributed by atoms with Crippen molar-refractivity contribution in [2.75, 3.05) is 19.8 Å². The van der Waals surface area contributed by atoms with Crippen LogP contribution < -0.4 is 5.73 Å². The van der Waals surface area contributed by atoms with Crippen molar-refractivity contribution in [3.8, 4) is 0 Å². The van der Waals surface area contributed by atoms with E-state index >= 15 is 0 Å². The van der Waals surface area contributed by atoms with Crippen LogP contribution in [0, 0.1) is 0 Å². The van der Waals surface area contributed by atoms with Crippen LogP contribution in [0.25, 0.3) is 0 Å². The summed E-state index contributed by atoms with van der Waals surface area (Å²) >= 11 is 0. The van der Waals surface area contributed by atoms with Gasteiger partial charge in [0.05, 0.1) is 0 Å². The first-order valence-corrected chi connectivity index (χ1v) is 6.61. The molecule has 0 radical (unpaired) electrons. The van der Waals surface area contributed by atoms with Crippen LogP contribution >= 0.6 is 0 Å². The largest absolute Gasteiger partial charge is 0.411 e. The Morgan fingerprint density at radius 1 is 1.17 bits per heavy atom. The number of alkyl halides is 3. The molecule has 106 valence electrons. The summed E-state index contributed by atoms with van der Waals surface area (Å²) in [5, 5.41) is 0. The van der Waals surface area contributed by atoms with Gasteiger partial charge < -0.3 is 10.5 Å². The molecule has 2 fully saturated rings. The zero-order chi connectivity index (χ0) is 13.2. The molecule has 2 heterocycles. The van der Waals surface area contributed by atoms with Gasteiger partial charge in [0.1, 0.15) is 6.61 Å².